The predicted molar refractivity (Wildman–Crippen MR) is 104 cm³/mol. The van der Waals surface area contributed by atoms with Crippen LogP contribution < -0.4 is 16.0 Å². The molecular weight excluding hydrogens is 404 g/mol. The maximum absolute atomic E-state index is 13.5. The second-order valence-corrected chi connectivity index (χ2v) is 6.59. The standard InChI is InChI=1S/C20H20ClF2N3O3/c1-24-20(29)18(13-6-9-15(22)16(23)11-13)26-17(27)3-2-10-25-19(28)12-4-7-14(21)8-5-12/h4-9,11,18H,2-3,10H2,1H3,(H,24,29)(H,25,28)(H,26,27). The monoisotopic (exact) mass is 423 g/mol. The smallest absolute Gasteiger partial charge is 0.251 e. The van der Waals surface area contributed by atoms with Crippen molar-refractivity contribution in [2.24, 2.45) is 0 Å². The largest absolute Gasteiger partial charge is 0.357 e. The summed E-state index contributed by atoms with van der Waals surface area (Å²) in [5.41, 5.74) is 0.560. The first kappa shape index (κ1) is 22.3. The van der Waals surface area contributed by atoms with Crippen LogP contribution in [0.4, 0.5) is 8.78 Å². The number of halogens is 3. The normalized spacial score (nSPS) is 11.4. The first-order valence-corrected chi connectivity index (χ1v) is 9.19. The minimum absolute atomic E-state index is 0.0259. The Balaban J connectivity index is 1.86. The van der Waals surface area contributed by atoms with Crippen molar-refractivity contribution in [2.75, 3.05) is 13.6 Å². The molecule has 0 spiro atoms. The molecule has 6 nitrogen and oxygen atoms in total. The van der Waals surface area contributed by atoms with Gasteiger partial charge in [-0.25, -0.2) is 8.78 Å². The molecule has 0 radical (unpaired) electrons. The minimum atomic E-state index is -1.16. The molecule has 0 saturated carbocycles. The quantitative estimate of drug-likeness (QED) is 0.570. The Bertz CT molecular complexity index is 891. The fourth-order valence-electron chi connectivity index (χ4n) is 2.52. The molecule has 0 aliphatic carbocycles. The Kier molecular flexibility index (Phi) is 8.09. The predicted octanol–water partition coefficient (Wildman–Crippen LogP) is 2.73. The summed E-state index contributed by atoms with van der Waals surface area (Å²) in [6.45, 7) is 0.241. The highest BCUT2D eigenvalue weighted by Crippen LogP contribution is 2.17. The van der Waals surface area contributed by atoms with Crippen LogP contribution in [0.25, 0.3) is 0 Å². The third-order valence-electron chi connectivity index (χ3n) is 4.06. The zero-order valence-corrected chi connectivity index (χ0v) is 16.4. The SMILES string of the molecule is CNC(=O)C(NC(=O)CCCNC(=O)c1ccc(Cl)cc1)c1ccc(F)c(F)c1. The molecule has 0 aromatic heterocycles. The van der Waals surface area contributed by atoms with Crippen LogP contribution in [-0.2, 0) is 9.59 Å². The summed E-state index contributed by atoms with van der Waals surface area (Å²) in [6, 6.07) is 8.18. The van der Waals surface area contributed by atoms with Gasteiger partial charge in [-0.05, 0) is 48.4 Å². The average Bonchev–Trinajstić information content (AvgIpc) is 2.71. The van der Waals surface area contributed by atoms with Crippen LogP contribution in [0.15, 0.2) is 42.5 Å². The van der Waals surface area contributed by atoms with Crippen molar-refractivity contribution >= 4 is 29.3 Å². The Morgan fingerprint density at radius 2 is 1.72 bits per heavy atom. The summed E-state index contributed by atoms with van der Waals surface area (Å²) in [6.07, 6.45) is 0.349. The van der Waals surface area contributed by atoms with Crippen LogP contribution in [-0.4, -0.2) is 31.3 Å². The molecule has 0 heterocycles. The number of hydrogen-bond donors (Lipinski definition) is 3. The van der Waals surface area contributed by atoms with E-state index in [0.717, 1.165) is 12.1 Å². The number of amides is 3. The van der Waals surface area contributed by atoms with Gasteiger partial charge in [-0.2, -0.15) is 0 Å². The van der Waals surface area contributed by atoms with Crippen LogP contribution in [0.3, 0.4) is 0 Å². The molecular formula is C20H20ClF2N3O3. The summed E-state index contributed by atoms with van der Waals surface area (Å²) in [7, 11) is 1.37. The Hall–Kier alpha value is -3.00. The van der Waals surface area contributed by atoms with E-state index in [9.17, 15) is 23.2 Å². The lowest BCUT2D eigenvalue weighted by Crippen LogP contribution is -2.39. The van der Waals surface area contributed by atoms with Gasteiger partial charge >= 0.3 is 0 Å². The zero-order valence-electron chi connectivity index (χ0n) is 15.6. The Morgan fingerprint density at radius 3 is 2.34 bits per heavy atom. The number of likely N-dealkylation sites (N-methyl/N-ethyl adjacent to an activating group) is 1. The molecule has 0 aliphatic heterocycles. The topological polar surface area (TPSA) is 87.3 Å². The first-order valence-electron chi connectivity index (χ1n) is 8.81. The summed E-state index contributed by atoms with van der Waals surface area (Å²) in [5.74, 6) is -3.50. The lowest BCUT2D eigenvalue weighted by Gasteiger charge is -2.18. The third kappa shape index (κ3) is 6.53. The summed E-state index contributed by atoms with van der Waals surface area (Å²) in [5, 5.41) is 8.05. The van der Waals surface area contributed by atoms with E-state index in [2.05, 4.69) is 16.0 Å². The van der Waals surface area contributed by atoms with Gasteiger partial charge < -0.3 is 16.0 Å². The average molecular weight is 424 g/mol. The van der Waals surface area contributed by atoms with Gasteiger partial charge in [0, 0.05) is 30.6 Å². The van der Waals surface area contributed by atoms with Gasteiger partial charge in [-0.15, -0.1) is 0 Å². The van der Waals surface area contributed by atoms with E-state index in [1.165, 1.54) is 13.1 Å². The molecule has 2 rings (SSSR count). The highest BCUT2D eigenvalue weighted by Gasteiger charge is 2.22. The molecule has 2 aromatic rings. The number of rotatable bonds is 8. The maximum atomic E-state index is 13.5. The molecule has 0 saturated heterocycles. The number of carbonyl (C=O) groups is 3. The molecule has 0 bridgehead atoms. The third-order valence-corrected chi connectivity index (χ3v) is 4.32. The fraction of sp³-hybridized carbons (Fsp3) is 0.250. The minimum Gasteiger partial charge on any atom is -0.357 e. The van der Waals surface area contributed by atoms with E-state index in [4.69, 9.17) is 11.6 Å². The van der Waals surface area contributed by atoms with Gasteiger partial charge in [-0.1, -0.05) is 17.7 Å². The van der Waals surface area contributed by atoms with Crippen molar-refractivity contribution in [3.63, 3.8) is 0 Å². The number of nitrogens with one attached hydrogen (secondary N) is 3. The first-order chi connectivity index (χ1) is 13.8. The molecule has 154 valence electrons. The highest BCUT2D eigenvalue weighted by molar-refractivity contribution is 6.30. The Morgan fingerprint density at radius 1 is 1.03 bits per heavy atom. The lowest BCUT2D eigenvalue weighted by molar-refractivity contribution is -0.128. The fourth-order valence-corrected chi connectivity index (χ4v) is 2.65. The Labute approximate surface area is 171 Å². The molecule has 3 amide bonds. The molecule has 3 N–H and O–H groups in total. The molecule has 1 atom stereocenters. The van der Waals surface area contributed by atoms with E-state index >= 15 is 0 Å². The summed E-state index contributed by atoms with van der Waals surface area (Å²) >= 11 is 5.77. The molecule has 0 fully saturated rings. The number of hydrogen-bond acceptors (Lipinski definition) is 3. The number of benzene rings is 2. The van der Waals surface area contributed by atoms with Gasteiger partial charge in [0.05, 0.1) is 0 Å². The van der Waals surface area contributed by atoms with E-state index in [1.54, 1.807) is 24.3 Å². The molecule has 2 aromatic carbocycles. The number of carbonyl (C=O) groups excluding carboxylic acids is 3. The zero-order chi connectivity index (χ0) is 21.4. The maximum Gasteiger partial charge on any atom is 0.251 e. The van der Waals surface area contributed by atoms with Crippen LogP contribution in [0.1, 0.15) is 34.8 Å². The van der Waals surface area contributed by atoms with Gasteiger partial charge in [0.1, 0.15) is 6.04 Å². The van der Waals surface area contributed by atoms with Crippen LogP contribution >= 0.6 is 11.6 Å². The molecule has 0 aliphatic rings. The van der Waals surface area contributed by atoms with Gasteiger partial charge in [0.25, 0.3) is 5.91 Å². The highest BCUT2D eigenvalue weighted by atomic mass is 35.5. The van der Waals surface area contributed by atoms with Gasteiger partial charge in [0.15, 0.2) is 11.6 Å². The summed E-state index contributed by atoms with van der Waals surface area (Å²) < 4.78 is 26.6. The van der Waals surface area contributed by atoms with Crippen molar-refractivity contribution in [3.05, 3.63) is 70.2 Å². The van der Waals surface area contributed by atoms with Crippen molar-refractivity contribution in [1.82, 2.24) is 16.0 Å². The van der Waals surface area contributed by atoms with E-state index < -0.39 is 29.5 Å². The van der Waals surface area contributed by atoms with Crippen molar-refractivity contribution < 1.29 is 23.2 Å². The van der Waals surface area contributed by atoms with Gasteiger partial charge in [0.2, 0.25) is 11.8 Å². The van der Waals surface area contributed by atoms with Crippen LogP contribution in [0.2, 0.25) is 5.02 Å². The van der Waals surface area contributed by atoms with Gasteiger partial charge in [-0.3, -0.25) is 14.4 Å². The van der Waals surface area contributed by atoms with Crippen LogP contribution in [0.5, 0.6) is 0 Å². The second kappa shape index (κ2) is 10.5. The summed E-state index contributed by atoms with van der Waals surface area (Å²) in [4.78, 5) is 36.2. The molecule has 9 heteroatoms. The van der Waals surface area contributed by atoms with Crippen molar-refractivity contribution in [1.29, 1.82) is 0 Å². The molecule has 1 unspecified atom stereocenters. The second-order valence-electron chi connectivity index (χ2n) is 6.15. The van der Waals surface area contributed by atoms with Crippen molar-refractivity contribution in [3.8, 4) is 0 Å². The van der Waals surface area contributed by atoms with Crippen molar-refractivity contribution in [2.45, 2.75) is 18.9 Å². The lowest BCUT2D eigenvalue weighted by atomic mass is 10.1. The van der Waals surface area contributed by atoms with E-state index in [-0.39, 0.29) is 24.4 Å². The molecule has 29 heavy (non-hydrogen) atoms. The van der Waals surface area contributed by atoms with E-state index in [1.807, 2.05) is 0 Å². The van der Waals surface area contributed by atoms with Crippen LogP contribution in [0, 0.1) is 11.6 Å². The van der Waals surface area contributed by atoms with E-state index in [0.29, 0.717) is 17.0 Å².